The lowest BCUT2D eigenvalue weighted by Gasteiger charge is -2.56. The van der Waals surface area contributed by atoms with Crippen LogP contribution in [0.15, 0.2) is 23.3 Å². The van der Waals surface area contributed by atoms with Crippen molar-refractivity contribution in [3.63, 3.8) is 0 Å². The molecular formula is C27H40O6. The second-order valence-electron chi connectivity index (χ2n) is 12.2. The van der Waals surface area contributed by atoms with Crippen molar-refractivity contribution < 1.29 is 30.0 Å². The average Bonchev–Trinajstić information content (AvgIpc) is 3.00. The standard InChI is InChI=1S/C27H40O6/c1-15(2)6-7-23(31)26(5,32)22-9-11-27(33)17-12-19(28)18-13-20(29)21(30)14-24(18,3)16(17)8-10-25(22,27)4/h8,12,15,18,20-22,29-30,32-33H,6-7,9-11,13-14H2,1-5H3/t18-,20+,21-,22-,24+,25+,26+,27+/m0/s1. The topological polar surface area (TPSA) is 115 Å². The molecule has 33 heavy (non-hydrogen) atoms. The van der Waals surface area contributed by atoms with E-state index >= 15 is 0 Å². The van der Waals surface area contributed by atoms with Crippen molar-refractivity contribution in [2.75, 3.05) is 0 Å². The first-order chi connectivity index (χ1) is 15.2. The highest BCUT2D eigenvalue weighted by atomic mass is 16.3. The molecule has 0 aromatic rings. The first-order valence-electron chi connectivity index (χ1n) is 12.5. The molecule has 4 N–H and O–H groups in total. The molecule has 4 aliphatic rings. The Kier molecular flexibility index (Phi) is 5.88. The molecule has 0 spiro atoms. The van der Waals surface area contributed by atoms with E-state index < -0.39 is 46.1 Å². The molecule has 184 valence electrons. The van der Waals surface area contributed by atoms with E-state index in [1.54, 1.807) is 6.92 Å². The molecule has 6 heteroatoms. The molecule has 0 aliphatic heterocycles. The Morgan fingerprint density at radius 1 is 1.21 bits per heavy atom. The molecule has 8 atom stereocenters. The van der Waals surface area contributed by atoms with Crippen LogP contribution in [0.25, 0.3) is 0 Å². The number of carbonyl (C=O) groups excluding carboxylic acids is 2. The van der Waals surface area contributed by atoms with Gasteiger partial charge in [-0.25, -0.2) is 0 Å². The van der Waals surface area contributed by atoms with Crippen LogP contribution in [0.4, 0.5) is 0 Å². The Balaban J connectivity index is 1.72. The van der Waals surface area contributed by atoms with E-state index in [2.05, 4.69) is 6.08 Å². The van der Waals surface area contributed by atoms with Gasteiger partial charge in [0.15, 0.2) is 11.6 Å². The molecule has 0 aromatic heterocycles. The van der Waals surface area contributed by atoms with E-state index in [1.807, 2.05) is 27.7 Å². The van der Waals surface area contributed by atoms with E-state index in [9.17, 15) is 30.0 Å². The number of aliphatic hydroxyl groups is 4. The van der Waals surface area contributed by atoms with Crippen molar-refractivity contribution in [3.05, 3.63) is 23.3 Å². The van der Waals surface area contributed by atoms with Gasteiger partial charge in [-0.05, 0) is 68.6 Å². The number of fused-ring (bicyclic) bond motifs is 5. The molecule has 2 fully saturated rings. The maximum Gasteiger partial charge on any atom is 0.164 e. The van der Waals surface area contributed by atoms with Crippen molar-refractivity contribution in [3.8, 4) is 0 Å². The van der Waals surface area contributed by atoms with E-state index in [0.717, 1.165) is 5.57 Å². The number of Topliss-reactive ketones (excluding diaryl/α,β-unsaturated/α-hetero) is 1. The lowest BCUT2D eigenvalue weighted by atomic mass is 9.49. The van der Waals surface area contributed by atoms with Crippen LogP contribution in [-0.4, -0.2) is 55.4 Å². The van der Waals surface area contributed by atoms with E-state index in [0.29, 0.717) is 43.6 Å². The van der Waals surface area contributed by atoms with E-state index in [-0.39, 0.29) is 24.4 Å². The number of allylic oxidation sites excluding steroid dienone is 2. The maximum absolute atomic E-state index is 13.2. The van der Waals surface area contributed by atoms with Gasteiger partial charge in [0, 0.05) is 29.1 Å². The predicted octanol–water partition coefficient (Wildman–Crippen LogP) is 2.87. The lowest BCUT2D eigenvalue weighted by molar-refractivity contribution is -0.153. The summed E-state index contributed by atoms with van der Waals surface area (Å²) in [5, 5.41) is 44.2. The highest BCUT2D eigenvalue weighted by molar-refractivity contribution is 5.97. The second kappa shape index (κ2) is 7.84. The summed E-state index contributed by atoms with van der Waals surface area (Å²) in [6.07, 6.45) is 4.55. The Morgan fingerprint density at radius 3 is 2.52 bits per heavy atom. The molecule has 4 aliphatic carbocycles. The molecule has 0 amide bonds. The van der Waals surface area contributed by atoms with Crippen molar-refractivity contribution in [2.45, 2.75) is 103 Å². The van der Waals surface area contributed by atoms with Crippen LogP contribution in [0.2, 0.25) is 0 Å². The third-order valence-electron chi connectivity index (χ3n) is 9.74. The predicted molar refractivity (Wildman–Crippen MR) is 124 cm³/mol. The van der Waals surface area contributed by atoms with Crippen LogP contribution < -0.4 is 0 Å². The first kappa shape index (κ1) is 24.8. The van der Waals surface area contributed by atoms with Crippen LogP contribution in [-0.2, 0) is 9.59 Å². The normalized spacial score (nSPS) is 44.4. The fourth-order valence-corrected chi connectivity index (χ4v) is 7.49. The minimum atomic E-state index is -1.56. The van der Waals surface area contributed by atoms with Crippen LogP contribution >= 0.6 is 0 Å². The quantitative estimate of drug-likeness (QED) is 0.502. The number of ketones is 2. The summed E-state index contributed by atoms with van der Waals surface area (Å²) in [5.41, 5.74) is -2.90. The number of carbonyl (C=O) groups is 2. The molecule has 2 saturated carbocycles. The van der Waals surface area contributed by atoms with Gasteiger partial charge in [0.1, 0.15) is 5.60 Å². The summed E-state index contributed by atoms with van der Waals surface area (Å²) in [5.74, 6) is -0.829. The van der Waals surface area contributed by atoms with Crippen LogP contribution in [0.3, 0.4) is 0 Å². The average molecular weight is 461 g/mol. The largest absolute Gasteiger partial charge is 0.390 e. The molecule has 4 rings (SSSR count). The fraction of sp³-hybridized carbons (Fsp3) is 0.778. The minimum absolute atomic E-state index is 0.128. The Bertz CT molecular complexity index is 916. The number of rotatable bonds is 5. The third kappa shape index (κ3) is 3.43. The Labute approximate surface area is 196 Å². The molecule has 0 bridgehead atoms. The highest BCUT2D eigenvalue weighted by Gasteiger charge is 2.67. The van der Waals surface area contributed by atoms with Gasteiger partial charge in [-0.2, -0.15) is 0 Å². The highest BCUT2D eigenvalue weighted by Crippen LogP contribution is 2.66. The third-order valence-corrected chi connectivity index (χ3v) is 9.74. The van der Waals surface area contributed by atoms with Gasteiger partial charge in [0.2, 0.25) is 0 Å². The molecule has 0 unspecified atom stereocenters. The summed E-state index contributed by atoms with van der Waals surface area (Å²) in [7, 11) is 0. The fourth-order valence-electron chi connectivity index (χ4n) is 7.49. The van der Waals surface area contributed by atoms with Crippen LogP contribution in [0, 0.1) is 28.6 Å². The summed E-state index contributed by atoms with van der Waals surface area (Å²) in [6, 6.07) is 0. The zero-order valence-corrected chi connectivity index (χ0v) is 20.6. The second-order valence-corrected chi connectivity index (χ2v) is 12.2. The Hall–Kier alpha value is -1.34. The van der Waals surface area contributed by atoms with E-state index in [4.69, 9.17) is 0 Å². The van der Waals surface area contributed by atoms with Crippen LogP contribution in [0.5, 0.6) is 0 Å². The van der Waals surface area contributed by atoms with Crippen molar-refractivity contribution >= 4 is 11.6 Å². The van der Waals surface area contributed by atoms with Crippen molar-refractivity contribution in [2.24, 2.45) is 28.6 Å². The summed E-state index contributed by atoms with van der Waals surface area (Å²) < 4.78 is 0. The van der Waals surface area contributed by atoms with Crippen molar-refractivity contribution in [1.29, 1.82) is 0 Å². The maximum atomic E-state index is 13.2. The van der Waals surface area contributed by atoms with Gasteiger partial charge in [0.05, 0.1) is 17.8 Å². The molecule has 6 nitrogen and oxygen atoms in total. The van der Waals surface area contributed by atoms with Gasteiger partial charge < -0.3 is 20.4 Å². The van der Waals surface area contributed by atoms with Gasteiger partial charge in [-0.1, -0.05) is 33.8 Å². The van der Waals surface area contributed by atoms with Gasteiger partial charge in [-0.3, -0.25) is 9.59 Å². The summed E-state index contributed by atoms with van der Waals surface area (Å²) >= 11 is 0. The Morgan fingerprint density at radius 2 is 1.88 bits per heavy atom. The zero-order chi connectivity index (χ0) is 24.6. The minimum Gasteiger partial charge on any atom is -0.390 e. The SMILES string of the molecule is CC(C)CCC(=O)[C@](C)(O)[C@H]1CC[C@@]2(O)C3=CC(=O)[C@@H]4C[C@@H](O)[C@@H](O)C[C@]4(C)C3=CC[C@]12C. The smallest absolute Gasteiger partial charge is 0.164 e. The van der Waals surface area contributed by atoms with Crippen molar-refractivity contribution in [1.82, 2.24) is 0 Å². The molecule has 0 saturated heterocycles. The number of aliphatic hydroxyl groups excluding tert-OH is 2. The van der Waals surface area contributed by atoms with Gasteiger partial charge >= 0.3 is 0 Å². The lowest BCUT2D eigenvalue weighted by Crippen LogP contribution is -2.59. The number of hydrogen-bond donors (Lipinski definition) is 4. The molecular weight excluding hydrogens is 420 g/mol. The van der Waals surface area contributed by atoms with Crippen LogP contribution in [0.1, 0.15) is 79.6 Å². The van der Waals surface area contributed by atoms with Gasteiger partial charge in [-0.15, -0.1) is 0 Å². The first-order valence-corrected chi connectivity index (χ1v) is 12.5. The zero-order valence-electron chi connectivity index (χ0n) is 20.6. The molecule has 0 aromatic carbocycles. The van der Waals surface area contributed by atoms with Gasteiger partial charge in [0.25, 0.3) is 0 Å². The summed E-state index contributed by atoms with van der Waals surface area (Å²) in [4.78, 5) is 26.3. The number of hydrogen-bond acceptors (Lipinski definition) is 6. The van der Waals surface area contributed by atoms with E-state index in [1.165, 1.54) is 6.08 Å². The monoisotopic (exact) mass is 460 g/mol. The molecule has 0 radical (unpaired) electrons. The summed E-state index contributed by atoms with van der Waals surface area (Å²) in [6.45, 7) is 9.57. The molecule has 0 heterocycles.